The summed E-state index contributed by atoms with van der Waals surface area (Å²) >= 11 is 3.37. The van der Waals surface area contributed by atoms with Gasteiger partial charge in [-0.1, -0.05) is 30.3 Å². The number of anilines is 1. The lowest BCUT2D eigenvalue weighted by atomic mass is 10.2. The van der Waals surface area contributed by atoms with Gasteiger partial charge in [0.15, 0.2) is 0 Å². The second-order valence-corrected chi connectivity index (χ2v) is 6.05. The first-order valence-electron chi connectivity index (χ1n) is 7.06. The summed E-state index contributed by atoms with van der Waals surface area (Å²) in [6.45, 7) is 0.499. The maximum Gasteiger partial charge on any atom is 0.252 e. The third-order valence-electron chi connectivity index (χ3n) is 3.65. The predicted octanol–water partition coefficient (Wildman–Crippen LogP) is 2.98. The summed E-state index contributed by atoms with van der Waals surface area (Å²) in [5.41, 5.74) is 1.44. The molecule has 1 saturated heterocycles. The number of halogens is 1. The number of hydrogen-bond donors (Lipinski definition) is 1. The number of hydrogen-bond acceptors (Lipinski definition) is 2. The van der Waals surface area contributed by atoms with Gasteiger partial charge in [0.2, 0.25) is 5.91 Å². The minimum absolute atomic E-state index is 0.0311. The smallest absolute Gasteiger partial charge is 0.252 e. The molecule has 1 aliphatic heterocycles. The fourth-order valence-corrected chi connectivity index (χ4v) is 3.04. The standard InChI is InChI=1S/C17H15BrN2O2/c18-15-9-5-4-8-14(15)17(22)19-12-10-16(21)20(11-12)13-6-2-1-3-7-13/h1-9,12H,10-11H2,(H,19,22)/t12-/m1/s1. The minimum Gasteiger partial charge on any atom is -0.347 e. The molecular weight excluding hydrogens is 344 g/mol. The van der Waals surface area contributed by atoms with Gasteiger partial charge >= 0.3 is 0 Å². The van der Waals surface area contributed by atoms with Crippen LogP contribution in [0.15, 0.2) is 59.1 Å². The van der Waals surface area contributed by atoms with E-state index in [-0.39, 0.29) is 17.9 Å². The predicted molar refractivity (Wildman–Crippen MR) is 88.8 cm³/mol. The molecule has 1 heterocycles. The van der Waals surface area contributed by atoms with Crippen LogP contribution < -0.4 is 10.2 Å². The van der Waals surface area contributed by atoms with Gasteiger partial charge < -0.3 is 10.2 Å². The van der Waals surface area contributed by atoms with Crippen LogP contribution in [0.1, 0.15) is 16.8 Å². The van der Waals surface area contributed by atoms with Crippen molar-refractivity contribution in [2.45, 2.75) is 12.5 Å². The van der Waals surface area contributed by atoms with E-state index in [2.05, 4.69) is 21.2 Å². The van der Waals surface area contributed by atoms with Gasteiger partial charge in [-0.2, -0.15) is 0 Å². The number of carbonyl (C=O) groups excluding carboxylic acids is 2. The molecule has 2 aromatic carbocycles. The van der Waals surface area contributed by atoms with Crippen molar-refractivity contribution in [2.24, 2.45) is 0 Å². The van der Waals surface area contributed by atoms with E-state index in [1.807, 2.05) is 48.5 Å². The van der Waals surface area contributed by atoms with Crippen LogP contribution in [0.2, 0.25) is 0 Å². The first-order valence-corrected chi connectivity index (χ1v) is 7.85. The van der Waals surface area contributed by atoms with E-state index < -0.39 is 0 Å². The van der Waals surface area contributed by atoms with Crippen LogP contribution in [0.25, 0.3) is 0 Å². The van der Waals surface area contributed by atoms with Crippen LogP contribution in [-0.4, -0.2) is 24.4 Å². The fraction of sp³-hybridized carbons (Fsp3) is 0.176. The van der Waals surface area contributed by atoms with Crippen molar-refractivity contribution in [1.29, 1.82) is 0 Å². The number of benzene rings is 2. The third kappa shape index (κ3) is 3.04. The third-order valence-corrected chi connectivity index (χ3v) is 4.34. The molecule has 2 aromatic rings. The van der Waals surface area contributed by atoms with E-state index >= 15 is 0 Å². The lowest BCUT2D eigenvalue weighted by molar-refractivity contribution is -0.117. The second kappa shape index (κ2) is 6.32. The monoisotopic (exact) mass is 358 g/mol. The number of nitrogens with zero attached hydrogens (tertiary/aromatic N) is 1. The van der Waals surface area contributed by atoms with Crippen molar-refractivity contribution in [2.75, 3.05) is 11.4 Å². The van der Waals surface area contributed by atoms with E-state index in [0.29, 0.717) is 18.5 Å². The zero-order valence-corrected chi connectivity index (χ0v) is 13.4. The molecule has 1 aliphatic rings. The van der Waals surface area contributed by atoms with Gasteiger partial charge in [-0.15, -0.1) is 0 Å². The van der Waals surface area contributed by atoms with Gasteiger partial charge in [0, 0.05) is 23.1 Å². The van der Waals surface area contributed by atoms with E-state index in [1.54, 1.807) is 11.0 Å². The molecule has 0 radical (unpaired) electrons. The molecule has 5 heteroatoms. The lowest BCUT2D eigenvalue weighted by Crippen LogP contribution is -2.37. The van der Waals surface area contributed by atoms with Crippen molar-refractivity contribution in [3.05, 3.63) is 64.6 Å². The summed E-state index contributed by atoms with van der Waals surface area (Å²) in [6.07, 6.45) is 0.324. The molecule has 2 amide bonds. The Balaban J connectivity index is 1.69. The largest absolute Gasteiger partial charge is 0.347 e. The van der Waals surface area contributed by atoms with E-state index in [4.69, 9.17) is 0 Å². The molecule has 22 heavy (non-hydrogen) atoms. The van der Waals surface area contributed by atoms with Crippen LogP contribution >= 0.6 is 15.9 Å². The summed E-state index contributed by atoms with van der Waals surface area (Å²) in [6, 6.07) is 16.6. The fourth-order valence-electron chi connectivity index (χ4n) is 2.57. The topological polar surface area (TPSA) is 49.4 Å². The summed E-state index contributed by atoms with van der Waals surface area (Å²) in [4.78, 5) is 26.1. The Morgan fingerprint density at radius 3 is 2.50 bits per heavy atom. The first-order chi connectivity index (χ1) is 10.6. The maximum absolute atomic E-state index is 12.3. The summed E-state index contributed by atoms with van der Waals surface area (Å²) in [5.74, 6) is -0.135. The van der Waals surface area contributed by atoms with E-state index in [1.165, 1.54) is 0 Å². The van der Waals surface area contributed by atoms with Gasteiger partial charge in [-0.3, -0.25) is 9.59 Å². The van der Waals surface area contributed by atoms with Crippen molar-refractivity contribution in [1.82, 2.24) is 5.32 Å². The number of para-hydroxylation sites is 1. The molecule has 1 N–H and O–H groups in total. The average Bonchev–Trinajstić information content (AvgIpc) is 2.89. The summed E-state index contributed by atoms with van der Waals surface area (Å²) in [7, 11) is 0. The number of nitrogens with one attached hydrogen (secondary N) is 1. The van der Waals surface area contributed by atoms with Crippen LogP contribution in [0.3, 0.4) is 0 Å². The Hall–Kier alpha value is -2.14. The zero-order valence-electron chi connectivity index (χ0n) is 11.8. The van der Waals surface area contributed by atoms with Crippen LogP contribution in [0.5, 0.6) is 0 Å². The number of amides is 2. The highest BCUT2D eigenvalue weighted by Gasteiger charge is 2.31. The average molecular weight is 359 g/mol. The molecule has 1 fully saturated rings. The summed E-state index contributed by atoms with van der Waals surface area (Å²) in [5, 5.41) is 2.93. The van der Waals surface area contributed by atoms with E-state index in [0.717, 1.165) is 10.2 Å². The molecule has 4 nitrogen and oxygen atoms in total. The van der Waals surface area contributed by atoms with Crippen molar-refractivity contribution in [3.8, 4) is 0 Å². The molecule has 0 spiro atoms. The lowest BCUT2D eigenvalue weighted by Gasteiger charge is -2.17. The van der Waals surface area contributed by atoms with Gasteiger partial charge in [0.05, 0.1) is 11.6 Å². The molecule has 0 aliphatic carbocycles. The van der Waals surface area contributed by atoms with Crippen LogP contribution in [-0.2, 0) is 4.79 Å². The molecule has 1 atom stereocenters. The summed E-state index contributed by atoms with van der Waals surface area (Å²) < 4.78 is 0.747. The molecular formula is C17H15BrN2O2. The molecule has 0 bridgehead atoms. The molecule has 0 aromatic heterocycles. The second-order valence-electron chi connectivity index (χ2n) is 5.19. The van der Waals surface area contributed by atoms with Gasteiger partial charge in [-0.05, 0) is 40.2 Å². The minimum atomic E-state index is -0.174. The molecule has 3 rings (SSSR count). The quantitative estimate of drug-likeness (QED) is 0.916. The van der Waals surface area contributed by atoms with Crippen molar-refractivity contribution >= 4 is 33.4 Å². The highest BCUT2D eigenvalue weighted by molar-refractivity contribution is 9.10. The normalized spacial score (nSPS) is 17.6. The zero-order chi connectivity index (χ0) is 15.5. The van der Waals surface area contributed by atoms with Gasteiger partial charge in [-0.25, -0.2) is 0 Å². The molecule has 0 unspecified atom stereocenters. The Bertz CT molecular complexity index is 703. The van der Waals surface area contributed by atoms with Crippen molar-refractivity contribution in [3.63, 3.8) is 0 Å². The number of rotatable bonds is 3. The molecule has 112 valence electrons. The highest BCUT2D eigenvalue weighted by atomic mass is 79.9. The van der Waals surface area contributed by atoms with Crippen LogP contribution in [0.4, 0.5) is 5.69 Å². The molecule has 0 saturated carbocycles. The Labute approximate surface area is 137 Å². The van der Waals surface area contributed by atoms with E-state index in [9.17, 15) is 9.59 Å². The van der Waals surface area contributed by atoms with Gasteiger partial charge in [0.1, 0.15) is 0 Å². The van der Waals surface area contributed by atoms with Crippen molar-refractivity contribution < 1.29 is 9.59 Å². The SMILES string of the molecule is O=C(N[C@@H]1CC(=O)N(c2ccccc2)C1)c1ccccc1Br. The first kappa shape index (κ1) is 14.8. The Morgan fingerprint density at radius 2 is 1.77 bits per heavy atom. The Morgan fingerprint density at radius 1 is 1.09 bits per heavy atom. The number of carbonyl (C=O) groups is 2. The maximum atomic E-state index is 12.3. The highest BCUT2D eigenvalue weighted by Crippen LogP contribution is 2.22. The van der Waals surface area contributed by atoms with Gasteiger partial charge in [0.25, 0.3) is 5.91 Å². The Kier molecular flexibility index (Phi) is 4.24. The van der Waals surface area contributed by atoms with Crippen LogP contribution in [0, 0.1) is 0 Å².